The van der Waals surface area contributed by atoms with Crippen molar-refractivity contribution < 1.29 is 18.3 Å². The molecule has 0 saturated heterocycles. The average molecular weight is 422 g/mol. The number of ether oxygens (including phenoxy) is 1. The van der Waals surface area contributed by atoms with Crippen LogP contribution in [0.3, 0.4) is 0 Å². The van der Waals surface area contributed by atoms with E-state index in [1.807, 2.05) is 0 Å². The molecule has 0 aliphatic heterocycles. The van der Waals surface area contributed by atoms with E-state index < -0.39 is 17.1 Å². The summed E-state index contributed by atoms with van der Waals surface area (Å²) in [6.45, 7) is 4.84. The Hall–Kier alpha value is -3.88. The van der Waals surface area contributed by atoms with E-state index in [2.05, 4.69) is 15.0 Å². The van der Waals surface area contributed by atoms with E-state index in [9.17, 15) is 14.0 Å². The largest absolute Gasteiger partial charge is 0.459 e. The maximum atomic E-state index is 13.3. The number of esters is 1. The summed E-state index contributed by atoms with van der Waals surface area (Å²) in [4.78, 5) is 38.7. The van der Waals surface area contributed by atoms with E-state index in [1.54, 1.807) is 45.0 Å². The van der Waals surface area contributed by atoms with Crippen LogP contribution in [0.25, 0.3) is 33.8 Å². The van der Waals surface area contributed by atoms with Gasteiger partial charge in [0.2, 0.25) is 0 Å². The molecule has 0 unspecified atom stereocenters. The fourth-order valence-electron chi connectivity index (χ4n) is 3.05. The van der Waals surface area contributed by atoms with Gasteiger partial charge in [-0.3, -0.25) is 14.2 Å². The Morgan fingerprint density at radius 2 is 1.84 bits per heavy atom. The van der Waals surface area contributed by atoms with Gasteiger partial charge in [0.05, 0.1) is 11.2 Å². The number of carbonyl (C=O) groups is 1. The van der Waals surface area contributed by atoms with Gasteiger partial charge in [-0.1, -0.05) is 0 Å². The van der Waals surface area contributed by atoms with Crippen LogP contribution < -0.4 is 5.56 Å². The Morgan fingerprint density at radius 3 is 2.48 bits per heavy atom. The molecule has 8 nitrogen and oxygen atoms in total. The highest BCUT2D eigenvalue weighted by Gasteiger charge is 2.22. The summed E-state index contributed by atoms with van der Waals surface area (Å²) in [5.74, 6) is -0.813. The molecule has 3 aromatic heterocycles. The minimum atomic E-state index is -0.715. The van der Waals surface area contributed by atoms with Gasteiger partial charge in [-0.2, -0.15) is 0 Å². The molecule has 0 bridgehead atoms. The predicted molar refractivity (Wildman–Crippen MR) is 111 cm³/mol. The number of nitrogens with zero attached hydrogens (tertiary/aromatic N) is 4. The molecule has 3 heterocycles. The highest BCUT2D eigenvalue weighted by atomic mass is 19.1. The van der Waals surface area contributed by atoms with Crippen LogP contribution in [0.4, 0.5) is 4.39 Å². The first-order valence-electron chi connectivity index (χ1n) is 9.49. The molecule has 31 heavy (non-hydrogen) atoms. The second-order valence-electron chi connectivity index (χ2n) is 7.86. The van der Waals surface area contributed by atoms with Crippen molar-refractivity contribution in [3.8, 4) is 22.8 Å². The van der Waals surface area contributed by atoms with Crippen LogP contribution >= 0.6 is 0 Å². The monoisotopic (exact) mass is 422 g/mol. The highest BCUT2D eigenvalue weighted by Crippen LogP contribution is 2.22. The summed E-state index contributed by atoms with van der Waals surface area (Å²) in [5.41, 5.74) is 0.564. The Labute approximate surface area is 176 Å². The van der Waals surface area contributed by atoms with Gasteiger partial charge in [0.1, 0.15) is 29.9 Å². The lowest BCUT2D eigenvalue weighted by atomic mass is 10.1. The number of benzene rings is 1. The number of oxazole rings is 1. The molecule has 0 aliphatic carbocycles. The summed E-state index contributed by atoms with van der Waals surface area (Å²) in [5, 5.41) is 0. The van der Waals surface area contributed by atoms with Gasteiger partial charge in [-0.25, -0.2) is 19.3 Å². The Kier molecular flexibility index (Phi) is 5.10. The molecule has 0 amide bonds. The number of hydrogen-bond donors (Lipinski definition) is 0. The summed E-state index contributed by atoms with van der Waals surface area (Å²) < 4.78 is 24.8. The molecule has 0 atom stereocenters. The van der Waals surface area contributed by atoms with Crippen molar-refractivity contribution >= 4 is 17.0 Å². The van der Waals surface area contributed by atoms with Gasteiger partial charge in [0, 0.05) is 5.56 Å². The maximum Gasteiger partial charge on any atom is 0.326 e. The number of rotatable bonds is 4. The standard InChI is InChI=1S/C22H19FN4O4/c1-22(2,3)31-18(28)10-27-20(17-11-30-12-24-17)26-16-9-8-15(25-19(16)21(27)29)13-4-6-14(23)7-5-13/h4-9,11-12H,10H2,1-3H3. The van der Waals surface area contributed by atoms with Gasteiger partial charge >= 0.3 is 5.97 Å². The smallest absolute Gasteiger partial charge is 0.326 e. The molecule has 0 saturated carbocycles. The summed E-state index contributed by atoms with van der Waals surface area (Å²) in [6.07, 6.45) is 2.54. The Balaban J connectivity index is 1.86. The molecule has 0 radical (unpaired) electrons. The van der Waals surface area contributed by atoms with Crippen LogP contribution in [0, 0.1) is 5.82 Å². The predicted octanol–water partition coefficient (Wildman–Crippen LogP) is 3.59. The third-order valence-corrected chi connectivity index (χ3v) is 4.31. The quantitative estimate of drug-likeness (QED) is 0.463. The van der Waals surface area contributed by atoms with Crippen molar-refractivity contribution in [3.63, 3.8) is 0 Å². The van der Waals surface area contributed by atoms with Gasteiger partial charge in [0.15, 0.2) is 17.7 Å². The number of fused-ring (bicyclic) bond motifs is 1. The van der Waals surface area contributed by atoms with E-state index in [4.69, 9.17) is 9.15 Å². The van der Waals surface area contributed by atoms with Gasteiger partial charge in [-0.05, 0) is 57.2 Å². The number of hydrogen-bond acceptors (Lipinski definition) is 7. The zero-order chi connectivity index (χ0) is 22.2. The second-order valence-corrected chi connectivity index (χ2v) is 7.86. The molecular formula is C22H19FN4O4. The van der Waals surface area contributed by atoms with E-state index in [0.29, 0.717) is 22.5 Å². The van der Waals surface area contributed by atoms with E-state index in [-0.39, 0.29) is 23.7 Å². The van der Waals surface area contributed by atoms with Crippen LogP contribution in [-0.2, 0) is 16.1 Å². The first-order valence-corrected chi connectivity index (χ1v) is 9.49. The minimum Gasteiger partial charge on any atom is -0.459 e. The van der Waals surface area contributed by atoms with Gasteiger partial charge in [-0.15, -0.1) is 0 Å². The fourth-order valence-corrected chi connectivity index (χ4v) is 3.05. The molecule has 0 spiro atoms. The molecule has 158 valence electrons. The SMILES string of the molecule is CC(C)(C)OC(=O)Cn1c(-c2cocn2)nc2ccc(-c3ccc(F)cc3)nc2c1=O. The third-order valence-electron chi connectivity index (χ3n) is 4.31. The van der Waals surface area contributed by atoms with Gasteiger partial charge < -0.3 is 9.15 Å². The lowest BCUT2D eigenvalue weighted by molar-refractivity contribution is -0.155. The first-order chi connectivity index (χ1) is 14.7. The van der Waals surface area contributed by atoms with Crippen molar-refractivity contribution in [2.75, 3.05) is 0 Å². The summed E-state index contributed by atoms with van der Waals surface area (Å²) in [6, 6.07) is 9.10. The number of carbonyl (C=O) groups excluding carboxylic acids is 1. The van der Waals surface area contributed by atoms with Crippen molar-refractivity contribution in [3.05, 3.63) is 65.2 Å². The molecular weight excluding hydrogens is 403 g/mol. The third kappa shape index (κ3) is 4.35. The molecule has 1 aromatic carbocycles. The van der Waals surface area contributed by atoms with Crippen molar-refractivity contribution in [2.45, 2.75) is 32.9 Å². The number of aromatic nitrogens is 4. The first kappa shape index (κ1) is 20.4. The molecule has 0 N–H and O–H groups in total. The summed E-state index contributed by atoms with van der Waals surface area (Å²) >= 11 is 0. The molecule has 4 aromatic rings. The zero-order valence-corrected chi connectivity index (χ0v) is 17.1. The van der Waals surface area contributed by atoms with Crippen molar-refractivity contribution in [2.24, 2.45) is 0 Å². The van der Waals surface area contributed by atoms with Crippen molar-refractivity contribution in [1.29, 1.82) is 0 Å². The van der Waals surface area contributed by atoms with Gasteiger partial charge in [0.25, 0.3) is 5.56 Å². The van der Waals surface area contributed by atoms with E-state index >= 15 is 0 Å². The maximum absolute atomic E-state index is 13.3. The van der Waals surface area contributed by atoms with Crippen LogP contribution in [0.15, 0.2) is 58.3 Å². The second kappa shape index (κ2) is 7.75. The van der Waals surface area contributed by atoms with Crippen molar-refractivity contribution in [1.82, 2.24) is 19.5 Å². The van der Waals surface area contributed by atoms with Crippen LogP contribution in [-0.4, -0.2) is 31.1 Å². The zero-order valence-electron chi connectivity index (χ0n) is 17.1. The van der Waals surface area contributed by atoms with Crippen LogP contribution in [0.2, 0.25) is 0 Å². The average Bonchev–Trinajstić information content (AvgIpc) is 3.23. The molecule has 0 aliphatic rings. The minimum absolute atomic E-state index is 0.0672. The topological polar surface area (TPSA) is 100 Å². The number of pyridine rings is 1. The van der Waals surface area contributed by atoms with E-state index in [0.717, 1.165) is 4.57 Å². The highest BCUT2D eigenvalue weighted by molar-refractivity contribution is 5.80. The summed E-state index contributed by atoms with van der Waals surface area (Å²) in [7, 11) is 0. The Bertz CT molecular complexity index is 1310. The Morgan fingerprint density at radius 1 is 1.10 bits per heavy atom. The molecule has 4 rings (SSSR count). The lowest BCUT2D eigenvalue weighted by Gasteiger charge is -2.20. The molecule has 9 heteroatoms. The normalized spacial score (nSPS) is 11.6. The fraction of sp³-hybridized carbons (Fsp3) is 0.227. The van der Waals surface area contributed by atoms with E-state index in [1.165, 1.54) is 24.8 Å². The molecule has 0 fully saturated rings. The number of halogens is 1. The lowest BCUT2D eigenvalue weighted by Crippen LogP contribution is -2.32. The van der Waals surface area contributed by atoms with Crippen LogP contribution in [0.5, 0.6) is 0 Å². The van der Waals surface area contributed by atoms with Crippen LogP contribution in [0.1, 0.15) is 20.8 Å².